The summed E-state index contributed by atoms with van der Waals surface area (Å²) in [5, 5.41) is 0.934. The van der Waals surface area contributed by atoms with Gasteiger partial charge in [0.1, 0.15) is 0 Å². The molecule has 3 rings (SSSR count). The zero-order valence-electron chi connectivity index (χ0n) is 10.7. The number of carbonyl (C=O) groups is 1. The lowest BCUT2D eigenvalue weighted by Gasteiger charge is -2.05. The molecular weight excluding hydrogens is 382 g/mol. The fourth-order valence-corrected chi connectivity index (χ4v) is 2.99. The molecule has 100 valence electrons. The Morgan fingerprint density at radius 3 is 2.50 bits per heavy atom. The van der Waals surface area contributed by atoms with E-state index in [9.17, 15) is 4.79 Å². The van der Waals surface area contributed by atoms with Crippen molar-refractivity contribution < 1.29 is 4.79 Å². The second-order valence-electron chi connectivity index (χ2n) is 4.68. The first-order chi connectivity index (χ1) is 9.56. The Balaban J connectivity index is 2.17. The van der Waals surface area contributed by atoms with Crippen LogP contribution in [0.1, 0.15) is 21.5 Å². The van der Waals surface area contributed by atoms with E-state index in [1.807, 2.05) is 43.3 Å². The van der Waals surface area contributed by atoms with Crippen LogP contribution in [0.2, 0.25) is 0 Å². The van der Waals surface area contributed by atoms with E-state index in [1.165, 1.54) is 0 Å². The predicted octanol–water partition coefficient (Wildman–Crippen LogP) is 5.23. The van der Waals surface area contributed by atoms with Gasteiger partial charge in [-0.25, -0.2) is 0 Å². The molecule has 1 heterocycles. The van der Waals surface area contributed by atoms with E-state index in [0.29, 0.717) is 5.56 Å². The highest BCUT2D eigenvalue weighted by molar-refractivity contribution is 9.10. The van der Waals surface area contributed by atoms with E-state index in [2.05, 4.69) is 36.8 Å². The number of halogens is 2. The highest BCUT2D eigenvalue weighted by Crippen LogP contribution is 2.26. The van der Waals surface area contributed by atoms with Gasteiger partial charge < -0.3 is 4.98 Å². The SMILES string of the molecule is Cc1ccc(Br)cc1C(=O)c1c[nH]c2ccc(Br)cc12. The van der Waals surface area contributed by atoms with Crippen LogP contribution in [0, 0.1) is 6.92 Å². The van der Waals surface area contributed by atoms with Crippen molar-refractivity contribution in [2.45, 2.75) is 6.92 Å². The summed E-state index contributed by atoms with van der Waals surface area (Å²) in [7, 11) is 0. The number of carbonyl (C=O) groups excluding carboxylic acids is 1. The van der Waals surface area contributed by atoms with Crippen LogP contribution in [0.3, 0.4) is 0 Å². The van der Waals surface area contributed by atoms with Crippen LogP contribution in [0.5, 0.6) is 0 Å². The quantitative estimate of drug-likeness (QED) is 0.595. The minimum absolute atomic E-state index is 0.0353. The summed E-state index contributed by atoms with van der Waals surface area (Å²) in [5.74, 6) is 0.0353. The Labute approximate surface area is 133 Å². The van der Waals surface area contributed by atoms with Crippen molar-refractivity contribution in [1.82, 2.24) is 4.98 Å². The molecule has 3 aromatic rings. The van der Waals surface area contributed by atoms with Gasteiger partial charge in [0.15, 0.2) is 5.78 Å². The van der Waals surface area contributed by atoms with Gasteiger partial charge in [-0.2, -0.15) is 0 Å². The Hall–Kier alpha value is -1.39. The molecule has 2 nitrogen and oxygen atoms in total. The van der Waals surface area contributed by atoms with E-state index < -0.39 is 0 Å². The van der Waals surface area contributed by atoms with Gasteiger partial charge in [-0.3, -0.25) is 4.79 Å². The lowest BCUT2D eigenvalue weighted by Crippen LogP contribution is -2.03. The number of fused-ring (bicyclic) bond motifs is 1. The fraction of sp³-hybridized carbons (Fsp3) is 0.0625. The molecule has 0 aliphatic rings. The summed E-state index contributed by atoms with van der Waals surface area (Å²) in [4.78, 5) is 15.9. The first kappa shape index (κ1) is 13.6. The Kier molecular flexibility index (Phi) is 3.52. The molecule has 0 radical (unpaired) electrons. The third-order valence-corrected chi connectivity index (χ3v) is 4.32. The second kappa shape index (κ2) is 5.19. The summed E-state index contributed by atoms with van der Waals surface area (Å²) < 4.78 is 1.87. The molecule has 0 aliphatic carbocycles. The van der Waals surface area contributed by atoms with Crippen LogP contribution in [0.15, 0.2) is 51.5 Å². The van der Waals surface area contributed by atoms with Gasteiger partial charge in [-0.05, 0) is 42.8 Å². The molecule has 0 spiro atoms. The molecule has 0 bridgehead atoms. The number of ketones is 1. The molecule has 0 unspecified atom stereocenters. The van der Waals surface area contributed by atoms with E-state index in [1.54, 1.807) is 6.20 Å². The number of benzene rings is 2. The maximum atomic E-state index is 12.7. The topological polar surface area (TPSA) is 32.9 Å². The third-order valence-electron chi connectivity index (χ3n) is 3.33. The molecule has 0 saturated heterocycles. The van der Waals surface area contributed by atoms with Gasteiger partial charge in [-0.1, -0.05) is 37.9 Å². The molecule has 2 aromatic carbocycles. The molecule has 1 aromatic heterocycles. The molecule has 0 aliphatic heterocycles. The van der Waals surface area contributed by atoms with Crippen molar-refractivity contribution in [2.75, 3.05) is 0 Å². The smallest absolute Gasteiger partial charge is 0.195 e. The zero-order valence-corrected chi connectivity index (χ0v) is 13.9. The molecule has 4 heteroatoms. The average molecular weight is 393 g/mol. The Morgan fingerprint density at radius 2 is 1.70 bits per heavy atom. The molecule has 20 heavy (non-hydrogen) atoms. The third kappa shape index (κ3) is 2.34. The number of aromatic nitrogens is 1. The summed E-state index contributed by atoms with van der Waals surface area (Å²) in [6.45, 7) is 1.95. The average Bonchev–Trinajstić information content (AvgIpc) is 2.83. The summed E-state index contributed by atoms with van der Waals surface area (Å²) >= 11 is 6.87. The summed E-state index contributed by atoms with van der Waals surface area (Å²) in [6.07, 6.45) is 1.78. The highest BCUT2D eigenvalue weighted by atomic mass is 79.9. The first-order valence-electron chi connectivity index (χ1n) is 6.14. The maximum absolute atomic E-state index is 12.7. The zero-order chi connectivity index (χ0) is 14.3. The van der Waals surface area contributed by atoms with E-state index in [0.717, 1.165) is 31.0 Å². The molecular formula is C16H11Br2NO. The monoisotopic (exact) mass is 391 g/mol. The Morgan fingerprint density at radius 1 is 1.00 bits per heavy atom. The number of hydrogen-bond donors (Lipinski definition) is 1. The number of aryl methyl sites for hydroxylation is 1. The number of hydrogen-bond acceptors (Lipinski definition) is 1. The highest BCUT2D eigenvalue weighted by Gasteiger charge is 2.16. The maximum Gasteiger partial charge on any atom is 0.195 e. The van der Waals surface area contributed by atoms with Crippen LogP contribution in [-0.2, 0) is 0 Å². The van der Waals surface area contributed by atoms with Crippen LogP contribution < -0.4 is 0 Å². The number of rotatable bonds is 2. The first-order valence-corrected chi connectivity index (χ1v) is 7.72. The number of H-pyrrole nitrogens is 1. The van der Waals surface area contributed by atoms with Crippen LogP contribution in [0.25, 0.3) is 10.9 Å². The van der Waals surface area contributed by atoms with Crippen LogP contribution >= 0.6 is 31.9 Å². The van der Waals surface area contributed by atoms with E-state index >= 15 is 0 Å². The largest absolute Gasteiger partial charge is 0.360 e. The Bertz CT molecular complexity index is 820. The van der Waals surface area contributed by atoms with Crippen molar-refractivity contribution in [1.29, 1.82) is 0 Å². The molecule has 0 atom stereocenters. The van der Waals surface area contributed by atoms with E-state index in [4.69, 9.17) is 0 Å². The lowest BCUT2D eigenvalue weighted by molar-refractivity contribution is 0.103. The van der Waals surface area contributed by atoms with Gasteiger partial charge in [0.25, 0.3) is 0 Å². The molecule has 0 amide bonds. The van der Waals surface area contributed by atoms with Gasteiger partial charge in [0, 0.05) is 37.2 Å². The molecule has 0 fully saturated rings. The van der Waals surface area contributed by atoms with E-state index in [-0.39, 0.29) is 5.78 Å². The summed E-state index contributed by atoms with van der Waals surface area (Å²) in [6, 6.07) is 11.6. The van der Waals surface area contributed by atoms with Crippen molar-refractivity contribution in [3.05, 3.63) is 68.2 Å². The van der Waals surface area contributed by atoms with Crippen LogP contribution in [0.4, 0.5) is 0 Å². The van der Waals surface area contributed by atoms with Gasteiger partial charge in [0.2, 0.25) is 0 Å². The minimum Gasteiger partial charge on any atom is -0.360 e. The number of aromatic amines is 1. The second-order valence-corrected chi connectivity index (χ2v) is 6.51. The van der Waals surface area contributed by atoms with Crippen molar-refractivity contribution in [3.8, 4) is 0 Å². The standard InChI is InChI=1S/C16H11Br2NO/c1-9-2-3-10(17)6-12(9)16(20)14-8-19-15-5-4-11(18)7-13(14)15/h2-8,19H,1H3. The van der Waals surface area contributed by atoms with Gasteiger partial charge in [-0.15, -0.1) is 0 Å². The van der Waals surface area contributed by atoms with Crippen LogP contribution in [-0.4, -0.2) is 10.8 Å². The fourth-order valence-electron chi connectivity index (χ4n) is 2.26. The van der Waals surface area contributed by atoms with Gasteiger partial charge >= 0.3 is 0 Å². The molecule has 0 saturated carbocycles. The minimum atomic E-state index is 0.0353. The van der Waals surface area contributed by atoms with Crippen molar-refractivity contribution in [2.24, 2.45) is 0 Å². The number of nitrogens with one attached hydrogen (secondary N) is 1. The summed E-state index contributed by atoms with van der Waals surface area (Å²) in [5.41, 5.74) is 3.36. The van der Waals surface area contributed by atoms with Gasteiger partial charge in [0.05, 0.1) is 0 Å². The predicted molar refractivity (Wildman–Crippen MR) is 88.3 cm³/mol. The lowest BCUT2D eigenvalue weighted by atomic mass is 9.99. The van der Waals surface area contributed by atoms with Crippen molar-refractivity contribution >= 4 is 48.5 Å². The normalized spacial score (nSPS) is 10.9. The molecule has 1 N–H and O–H groups in total. The van der Waals surface area contributed by atoms with Crippen molar-refractivity contribution in [3.63, 3.8) is 0 Å².